The molecular weight excluding hydrogens is 398 g/mol. The molecule has 0 aromatic carbocycles. The molecule has 0 radical (unpaired) electrons. The molecule has 1 aliphatic rings. The number of nitrogens with one attached hydrogen (secondary N) is 1. The molecule has 4 aromatic heterocycles. The molecule has 5 heterocycles. The average Bonchev–Trinajstić information content (AvgIpc) is 3.40. The summed E-state index contributed by atoms with van der Waals surface area (Å²) in [6, 6.07) is 6.18. The first kappa shape index (κ1) is 18.4. The second kappa shape index (κ2) is 7.35. The maximum absolute atomic E-state index is 9.54. The van der Waals surface area contributed by atoms with E-state index in [9.17, 15) is 5.26 Å². The Bertz CT molecular complexity index is 1290. The van der Waals surface area contributed by atoms with E-state index in [0.29, 0.717) is 16.8 Å². The van der Waals surface area contributed by atoms with Crippen LogP contribution in [0.5, 0.6) is 0 Å². The van der Waals surface area contributed by atoms with Gasteiger partial charge in [-0.15, -0.1) is 10.7 Å². The van der Waals surface area contributed by atoms with Gasteiger partial charge in [-0.1, -0.05) is 0 Å². The summed E-state index contributed by atoms with van der Waals surface area (Å²) in [6.07, 6.45) is 8.81. The van der Waals surface area contributed by atoms with Crippen LogP contribution in [0.1, 0.15) is 5.56 Å². The van der Waals surface area contributed by atoms with Crippen LogP contribution < -0.4 is 4.90 Å². The van der Waals surface area contributed by atoms with Crippen LogP contribution >= 0.6 is 0 Å². The van der Waals surface area contributed by atoms with E-state index >= 15 is 0 Å². The minimum atomic E-state index is -0.229. The van der Waals surface area contributed by atoms with Crippen LogP contribution in [-0.2, 0) is 17.7 Å². The third kappa shape index (κ3) is 3.23. The number of hydrogen-bond acceptors (Lipinski definition) is 7. The van der Waals surface area contributed by atoms with Crippen molar-refractivity contribution in [3.8, 4) is 28.6 Å². The molecule has 1 fully saturated rings. The molecule has 0 saturated carbocycles. The lowest BCUT2D eigenvalue weighted by Crippen LogP contribution is -2.37. The van der Waals surface area contributed by atoms with Gasteiger partial charge in [0.05, 0.1) is 30.0 Å². The van der Waals surface area contributed by atoms with Gasteiger partial charge in [0.2, 0.25) is 0 Å². The highest BCUT2D eigenvalue weighted by Crippen LogP contribution is 2.29. The van der Waals surface area contributed by atoms with Gasteiger partial charge in [0.1, 0.15) is 23.0 Å². The number of aryl methyl sites for hydroxylation is 1. The molecule has 9 nitrogen and oxygen atoms in total. The van der Waals surface area contributed by atoms with Crippen LogP contribution in [0.3, 0.4) is 0 Å². The van der Waals surface area contributed by atoms with Crippen molar-refractivity contribution < 1.29 is 0 Å². The largest absolute Gasteiger partial charge is 0.355 e. The quantitative estimate of drug-likeness (QED) is 0.547. The Labute approximate surface area is 175 Å². The predicted octanol–water partition coefficient (Wildman–Crippen LogP) is 2.26. The highest BCUT2D eigenvalue weighted by atomic mass is 32.2. The summed E-state index contributed by atoms with van der Waals surface area (Å²) in [5, 5.41) is 18.1. The lowest BCUT2D eigenvalue weighted by Gasteiger charge is -2.28. The monoisotopic (exact) mass is 417 g/mol. The number of aromatic nitrogens is 6. The number of hydrogen-bond donors (Lipinski definition) is 1. The van der Waals surface area contributed by atoms with Gasteiger partial charge >= 0.3 is 0 Å². The highest BCUT2D eigenvalue weighted by Gasteiger charge is 2.18. The van der Waals surface area contributed by atoms with Crippen molar-refractivity contribution in [2.75, 3.05) is 29.5 Å². The summed E-state index contributed by atoms with van der Waals surface area (Å²) in [5.41, 5.74) is 4.22. The van der Waals surface area contributed by atoms with E-state index in [1.165, 1.54) is 0 Å². The topological polar surface area (TPSA) is 112 Å². The van der Waals surface area contributed by atoms with Crippen LogP contribution in [0.4, 0.5) is 5.82 Å². The van der Waals surface area contributed by atoms with Crippen LogP contribution in [0, 0.1) is 16.1 Å². The molecule has 0 aliphatic carbocycles. The van der Waals surface area contributed by atoms with Crippen molar-refractivity contribution in [3.63, 3.8) is 0 Å². The van der Waals surface area contributed by atoms with Gasteiger partial charge < -0.3 is 4.90 Å². The molecule has 0 atom stereocenters. The molecule has 0 spiro atoms. The highest BCUT2D eigenvalue weighted by molar-refractivity contribution is 7.86. The minimum Gasteiger partial charge on any atom is -0.355 e. The summed E-state index contributed by atoms with van der Waals surface area (Å²) >= 11 is 0. The van der Waals surface area contributed by atoms with Gasteiger partial charge in [0.25, 0.3) is 0 Å². The van der Waals surface area contributed by atoms with Gasteiger partial charge in [-0.2, -0.15) is 15.5 Å². The molecule has 1 saturated heterocycles. The zero-order chi connectivity index (χ0) is 20.7. The third-order valence-electron chi connectivity index (χ3n) is 5.18. The van der Waals surface area contributed by atoms with Crippen molar-refractivity contribution in [1.82, 2.24) is 29.4 Å². The van der Waals surface area contributed by atoms with Gasteiger partial charge in [-0.05, 0) is 12.1 Å². The SMILES string of the molecule is Cn1cc(-c2cn3ncc(C#N)c3c(-c3ccc(N4CCS(=N)CC4)nc3)n2)cn1. The first-order valence-electron chi connectivity index (χ1n) is 9.50. The maximum atomic E-state index is 9.54. The average molecular weight is 418 g/mol. The summed E-state index contributed by atoms with van der Waals surface area (Å²) in [5.74, 6) is 2.68. The molecule has 0 unspecified atom stereocenters. The first-order valence-corrected chi connectivity index (χ1v) is 11.1. The van der Waals surface area contributed by atoms with Gasteiger partial charge in [0.15, 0.2) is 0 Å². The summed E-state index contributed by atoms with van der Waals surface area (Å²) < 4.78 is 11.3. The molecule has 4 aromatic rings. The molecule has 1 aliphatic heterocycles. The number of pyridine rings is 1. The third-order valence-corrected chi connectivity index (χ3v) is 6.53. The molecule has 0 bridgehead atoms. The normalized spacial score (nSPS) is 14.9. The smallest absolute Gasteiger partial charge is 0.128 e. The number of anilines is 1. The van der Waals surface area contributed by atoms with Crippen molar-refractivity contribution in [2.45, 2.75) is 0 Å². The Morgan fingerprint density at radius 2 is 1.90 bits per heavy atom. The number of rotatable bonds is 3. The lowest BCUT2D eigenvalue weighted by molar-refractivity contribution is 0.768. The number of nitriles is 1. The first-order chi connectivity index (χ1) is 14.6. The van der Waals surface area contributed by atoms with Crippen molar-refractivity contribution in [2.24, 2.45) is 7.05 Å². The Balaban J connectivity index is 1.59. The standard InChI is InChI=1S/C20H19N9S/c1-27-12-16(11-24-27)17-13-29-20(15(8-21)10-25-29)19(26-17)14-2-3-18(23-9-14)28-4-6-30(22)7-5-28/h2-3,9-13,22H,4-7H2,1H3. The second-order valence-electron chi connectivity index (χ2n) is 7.13. The van der Waals surface area contributed by atoms with E-state index in [-0.39, 0.29) is 10.7 Å². The van der Waals surface area contributed by atoms with E-state index in [1.54, 1.807) is 27.8 Å². The molecule has 5 rings (SSSR count). The Kier molecular flexibility index (Phi) is 4.52. The van der Waals surface area contributed by atoms with E-state index in [2.05, 4.69) is 26.2 Å². The Morgan fingerprint density at radius 3 is 2.57 bits per heavy atom. The van der Waals surface area contributed by atoms with Crippen LogP contribution in [-0.4, -0.2) is 54.0 Å². The molecule has 150 valence electrons. The van der Waals surface area contributed by atoms with Crippen molar-refractivity contribution >= 4 is 22.0 Å². The molecule has 30 heavy (non-hydrogen) atoms. The lowest BCUT2D eigenvalue weighted by atomic mass is 10.1. The summed E-state index contributed by atoms with van der Waals surface area (Å²) in [4.78, 5) is 11.7. The zero-order valence-corrected chi connectivity index (χ0v) is 17.2. The molecule has 0 amide bonds. The van der Waals surface area contributed by atoms with Crippen LogP contribution in [0.2, 0.25) is 0 Å². The molecule has 10 heteroatoms. The van der Waals surface area contributed by atoms with Gasteiger partial charge in [-0.3, -0.25) is 9.46 Å². The summed E-state index contributed by atoms with van der Waals surface area (Å²) in [7, 11) is 1.63. The number of fused-ring (bicyclic) bond motifs is 1. The fourth-order valence-corrected chi connectivity index (χ4v) is 4.67. The van der Waals surface area contributed by atoms with E-state index < -0.39 is 0 Å². The predicted molar refractivity (Wildman–Crippen MR) is 115 cm³/mol. The second-order valence-corrected chi connectivity index (χ2v) is 8.94. The Morgan fingerprint density at radius 1 is 1.07 bits per heavy atom. The van der Waals surface area contributed by atoms with Gasteiger partial charge in [0, 0.05) is 55.2 Å². The van der Waals surface area contributed by atoms with Crippen molar-refractivity contribution in [3.05, 3.63) is 48.7 Å². The number of nitrogens with zero attached hydrogens (tertiary/aromatic N) is 8. The fraction of sp³-hybridized carbons (Fsp3) is 0.250. The molecular formula is C20H19N9S. The van der Waals surface area contributed by atoms with Gasteiger partial charge in [-0.25, -0.2) is 14.5 Å². The zero-order valence-electron chi connectivity index (χ0n) is 16.4. The van der Waals surface area contributed by atoms with Crippen LogP contribution in [0.25, 0.3) is 28.0 Å². The maximum Gasteiger partial charge on any atom is 0.128 e. The van der Waals surface area contributed by atoms with E-state index in [1.807, 2.05) is 31.6 Å². The fourth-order valence-electron chi connectivity index (χ4n) is 3.59. The van der Waals surface area contributed by atoms with Crippen molar-refractivity contribution in [1.29, 1.82) is 10.0 Å². The molecule has 1 N–H and O–H groups in total. The summed E-state index contributed by atoms with van der Waals surface area (Å²) in [6.45, 7) is 1.72. The van der Waals surface area contributed by atoms with E-state index in [4.69, 9.17) is 9.76 Å². The minimum absolute atomic E-state index is 0.229. The van der Waals surface area contributed by atoms with Crippen LogP contribution in [0.15, 0.2) is 43.1 Å². The Hall–Kier alpha value is -3.58. The van der Waals surface area contributed by atoms with E-state index in [0.717, 1.165) is 47.2 Å².